The molecule has 1 aromatic carbocycles. The molecule has 0 atom stereocenters. The van der Waals surface area contributed by atoms with E-state index < -0.39 is 9.84 Å². The van der Waals surface area contributed by atoms with Crippen LogP contribution in [-0.2, 0) is 22.0 Å². The predicted molar refractivity (Wildman–Crippen MR) is 84.7 cm³/mol. The van der Waals surface area contributed by atoms with Gasteiger partial charge in [-0.1, -0.05) is 37.6 Å². The van der Waals surface area contributed by atoms with Crippen LogP contribution in [0.4, 0.5) is 0 Å². The third-order valence-electron chi connectivity index (χ3n) is 3.01. The van der Waals surface area contributed by atoms with Crippen molar-refractivity contribution in [2.24, 2.45) is 0 Å². The molecule has 0 fully saturated rings. The zero-order chi connectivity index (χ0) is 14.6. The van der Waals surface area contributed by atoms with Gasteiger partial charge in [-0.25, -0.2) is 13.4 Å². The average Bonchev–Trinajstić information content (AvgIpc) is 2.83. The highest BCUT2D eigenvalue weighted by Crippen LogP contribution is 2.23. The first kappa shape index (κ1) is 15.2. The molecule has 20 heavy (non-hydrogen) atoms. The molecule has 0 aliphatic carbocycles. The van der Waals surface area contributed by atoms with E-state index in [4.69, 9.17) is 0 Å². The molecule has 0 aliphatic rings. The van der Waals surface area contributed by atoms with E-state index >= 15 is 0 Å². The summed E-state index contributed by atoms with van der Waals surface area (Å²) < 4.78 is 22.5. The van der Waals surface area contributed by atoms with Crippen LogP contribution in [-0.4, -0.2) is 19.7 Å². The Balaban J connectivity index is 2.12. The molecule has 3 nitrogen and oxygen atoms in total. The molecule has 0 N–H and O–H groups in total. The lowest BCUT2D eigenvalue weighted by molar-refractivity contribution is 0.601. The van der Waals surface area contributed by atoms with Crippen molar-refractivity contribution in [3.05, 3.63) is 40.2 Å². The van der Waals surface area contributed by atoms with Crippen molar-refractivity contribution < 1.29 is 8.42 Å². The van der Waals surface area contributed by atoms with Gasteiger partial charge < -0.3 is 0 Å². The SMILES string of the molecule is CCCCc1ccc(-c2csc(CS(C)(=O)=O)n2)cc1. The van der Waals surface area contributed by atoms with Crippen LogP contribution >= 0.6 is 11.3 Å². The van der Waals surface area contributed by atoms with Crippen LogP contribution in [0.2, 0.25) is 0 Å². The van der Waals surface area contributed by atoms with Crippen LogP contribution < -0.4 is 0 Å². The van der Waals surface area contributed by atoms with Gasteiger partial charge in [0, 0.05) is 17.2 Å². The number of benzene rings is 1. The van der Waals surface area contributed by atoms with E-state index in [0.29, 0.717) is 5.01 Å². The summed E-state index contributed by atoms with van der Waals surface area (Å²) >= 11 is 1.40. The summed E-state index contributed by atoms with van der Waals surface area (Å²) in [7, 11) is -3.02. The Morgan fingerprint density at radius 3 is 2.50 bits per heavy atom. The fourth-order valence-corrected chi connectivity index (χ4v) is 3.97. The van der Waals surface area contributed by atoms with Gasteiger partial charge in [0.25, 0.3) is 0 Å². The number of aryl methyl sites for hydroxylation is 1. The summed E-state index contributed by atoms with van der Waals surface area (Å²) in [6.07, 6.45) is 4.74. The molecule has 0 amide bonds. The second-order valence-corrected chi connectivity index (χ2v) is 8.08. The van der Waals surface area contributed by atoms with Crippen LogP contribution in [0.1, 0.15) is 30.3 Å². The smallest absolute Gasteiger partial charge is 0.153 e. The maximum Gasteiger partial charge on any atom is 0.153 e. The van der Waals surface area contributed by atoms with Gasteiger partial charge in [0.2, 0.25) is 0 Å². The van der Waals surface area contributed by atoms with E-state index in [1.54, 1.807) is 0 Å². The van der Waals surface area contributed by atoms with Crippen molar-refractivity contribution in [2.75, 3.05) is 6.26 Å². The Morgan fingerprint density at radius 1 is 1.20 bits per heavy atom. The van der Waals surface area contributed by atoms with E-state index in [1.165, 1.54) is 36.0 Å². The minimum absolute atomic E-state index is 0.0201. The Kier molecular flexibility index (Phi) is 4.94. The van der Waals surface area contributed by atoms with E-state index in [-0.39, 0.29) is 5.75 Å². The number of thiazole rings is 1. The Morgan fingerprint density at radius 2 is 1.90 bits per heavy atom. The van der Waals surface area contributed by atoms with Gasteiger partial charge in [-0.15, -0.1) is 11.3 Å². The standard InChI is InChI=1S/C15H19NO2S2/c1-3-4-5-12-6-8-13(9-7-12)14-10-19-15(16-14)11-20(2,17)18/h6-10H,3-5,11H2,1-2H3. The summed E-state index contributed by atoms with van der Waals surface area (Å²) in [4.78, 5) is 4.40. The van der Waals surface area contributed by atoms with Gasteiger partial charge in [-0.05, 0) is 18.4 Å². The van der Waals surface area contributed by atoms with Crippen molar-refractivity contribution >= 4 is 21.2 Å². The molecule has 0 aliphatic heterocycles. The summed E-state index contributed by atoms with van der Waals surface area (Å²) in [5.41, 5.74) is 3.24. The molecule has 0 saturated carbocycles. The maximum atomic E-state index is 11.3. The molecule has 2 rings (SSSR count). The zero-order valence-corrected chi connectivity index (χ0v) is 13.4. The van der Waals surface area contributed by atoms with Crippen molar-refractivity contribution in [1.29, 1.82) is 0 Å². The molecule has 1 aromatic heterocycles. The lowest BCUT2D eigenvalue weighted by atomic mass is 10.1. The molecule has 108 valence electrons. The zero-order valence-electron chi connectivity index (χ0n) is 11.8. The predicted octanol–water partition coefficient (Wildman–Crippen LogP) is 3.70. The third kappa shape index (κ3) is 4.42. The van der Waals surface area contributed by atoms with Gasteiger partial charge in [-0.2, -0.15) is 0 Å². The van der Waals surface area contributed by atoms with Crippen molar-refractivity contribution in [1.82, 2.24) is 4.98 Å². The first-order chi connectivity index (χ1) is 9.48. The van der Waals surface area contributed by atoms with E-state index in [1.807, 2.05) is 5.38 Å². The molecule has 0 spiro atoms. The van der Waals surface area contributed by atoms with Crippen LogP contribution in [0.15, 0.2) is 29.6 Å². The second-order valence-electron chi connectivity index (χ2n) is 5.00. The normalized spacial score (nSPS) is 11.7. The van der Waals surface area contributed by atoms with Crippen molar-refractivity contribution in [3.63, 3.8) is 0 Å². The molecule has 0 unspecified atom stereocenters. The largest absolute Gasteiger partial charge is 0.240 e. The molecular formula is C15H19NO2S2. The summed E-state index contributed by atoms with van der Waals surface area (Å²) in [6, 6.07) is 8.37. The first-order valence-corrected chi connectivity index (χ1v) is 9.63. The van der Waals surface area contributed by atoms with E-state index in [0.717, 1.165) is 17.7 Å². The molecule has 0 radical (unpaired) electrons. The Labute approximate surface area is 124 Å². The van der Waals surface area contributed by atoms with Crippen LogP contribution in [0.25, 0.3) is 11.3 Å². The third-order valence-corrected chi connectivity index (χ3v) is 4.84. The van der Waals surface area contributed by atoms with Gasteiger partial charge in [0.1, 0.15) is 10.8 Å². The van der Waals surface area contributed by atoms with Crippen molar-refractivity contribution in [3.8, 4) is 11.3 Å². The topological polar surface area (TPSA) is 47.0 Å². The first-order valence-electron chi connectivity index (χ1n) is 6.69. The molecule has 1 heterocycles. The number of hydrogen-bond acceptors (Lipinski definition) is 4. The average molecular weight is 309 g/mol. The highest BCUT2D eigenvalue weighted by molar-refractivity contribution is 7.90. The summed E-state index contributed by atoms with van der Waals surface area (Å²) in [5, 5.41) is 2.57. The van der Waals surface area contributed by atoms with Gasteiger partial charge in [0.15, 0.2) is 9.84 Å². The highest BCUT2D eigenvalue weighted by atomic mass is 32.2. The van der Waals surface area contributed by atoms with Gasteiger partial charge >= 0.3 is 0 Å². The molecule has 5 heteroatoms. The fraction of sp³-hybridized carbons (Fsp3) is 0.400. The molecule has 2 aromatic rings. The second kappa shape index (κ2) is 6.50. The minimum atomic E-state index is -3.02. The Bertz CT molecular complexity index is 657. The van der Waals surface area contributed by atoms with Crippen molar-refractivity contribution in [2.45, 2.75) is 31.9 Å². The van der Waals surface area contributed by atoms with E-state index in [2.05, 4.69) is 36.2 Å². The number of nitrogens with zero attached hydrogens (tertiary/aromatic N) is 1. The minimum Gasteiger partial charge on any atom is -0.240 e. The number of aromatic nitrogens is 1. The van der Waals surface area contributed by atoms with Gasteiger partial charge in [-0.3, -0.25) is 0 Å². The lowest BCUT2D eigenvalue weighted by Crippen LogP contribution is -1.99. The van der Waals surface area contributed by atoms with Crippen LogP contribution in [0, 0.1) is 0 Å². The summed E-state index contributed by atoms with van der Waals surface area (Å²) in [6.45, 7) is 2.19. The summed E-state index contributed by atoms with van der Waals surface area (Å²) in [5.74, 6) is 0.0201. The maximum absolute atomic E-state index is 11.3. The van der Waals surface area contributed by atoms with Crippen LogP contribution in [0.3, 0.4) is 0 Å². The molecule has 0 bridgehead atoms. The van der Waals surface area contributed by atoms with Crippen LogP contribution in [0.5, 0.6) is 0 Å². The van der Waals surface area contributed by atoms with E-state index in [9.17, 15) is 8.42 Å². The quantitative estimate of drug-likeness (QED) is 0.817. The monoisotopic (exact) mass is 309 g/mol. The molecular weight excluding hydrogens is 290 g/mol. The number of sulfone groups is 1. The van der Waals surface area contributed by atoms with Gasteiger partial charge in [0.05, 0.1) is 5.69 Å². The number of unbranched alkanes of at least 4 members (excludes halogenated alkanes) is 1. The Hall–Kier alpha value is -1.20. The highest BCUT2D eigenvalue weighted by Gasteiger charge is 2.10. The molecule has 0 saturated heterocycles. The fourth-order valence-electron chi connectivity index (χ4n) is 1.96. The lowest BCUT2D eigenvalue weighted by Gasteiger charge is -2.01. The number of hydrogen-bond donors (Lipinski definition) is 0. The number of rotatable bonds is 6.